The Hall–Kier alpha value is -7.82. The van der Waals surface area contributed by atoms with E-state index in [0.29, 0.717) is 64.0 Å². The summed E-state index contributed by atoms with van der Waals surface area (Å²) in [6.07, 6.45) is -6.84. The molecule has 0 saturated carbocycles. The fraction of sp³-hybridized carbons (Fsp3) is 0.0769. The number of hydrogen-bond acceptors (Lipinski definition) is 10. The molecule has 2 heterocycles. The van der Waals surface area contributed by atoms with Crippen LogP contribution in [0.25, 0.3) is 54.2 Å². The fourth-order valence-electron chi connectivity index (χ4n) is 8.27. The third-order valence-corrected chi connectivity index (χ3v) is 13.8. The van der Waals surface area contributed by atoms with E-state index in [9.17, 15) is 55.1 Å². The van der Waals surface area contributed by atoms with Crippen molar-refractivity contribution in [1.82, 2.24) is 0 Å². The molecule has 2 aliphatic carbocycles. The van der Waals surface area contributed by atoms with Gasteiger partial charge in [0.2, 0.25) is 23.1 Å². The van der Waals surface area contributed by atoms with Crippen molar-refractivity contribution >= 4 is 112 Å². The van der Waals surface area contributed by atoms with E-state index in [4.69, 9.17) is 9.47 Å². The zero-order valence-electron chi connectivity index (χ0n) is 34.5. The molecular formula is C52H26F6O8S2. The van der Waals surface area contributed by atoms with Gasteiger partial charge < -0.3 is 9.47 Å². The summed E-state index contributed by atoms with van der Waals surface area (Å²) >= 11 is 2.13. The number of ketones is 4. The molecule has 0 unspecified atom stereocenters. The number of fused-ring (bicyclic) bond motifs is 7. The maximum atomic E-state index is 14.2. The predicted molar refractivity (Wildman–Crippen MR) is 243 cm³/mol. The summed E-state index contributed by atoms with van der Waals surface area (Å²) in [5, 5.41) is 1.44. The number of allylic oxidation sites excluding steroid dienone is 2. The lowest BCUT2D eigenvalue weighted by molar-refractivity contribution is -0.138. The Kier molecular flexibility index (Phi) is 10.7. The molecule has 16 heteroatoms. The molecule has 8 aromatic rings. The number of ether oxygens (including phenoxy) is 2. The maximum absolute atomic E-state index is 14.2. The van der Waals surface area contributed by atoms with Gasteiger partial charge in [-0.3, -0.25) is 19.2 Å². The van der Waals surface area contributed by atoms with Crippen molar-refractivity contribution in [2.24, 2.45) is 0 Å². The number of thiophene rings is 2. The molecule has 8 nitrogen and oxygen atoms in total. The lowest BCUT2D eigenvalue weighted by Gasteiger charge is -2.12. The van der Waals surface area contributed by atoms with E-state index >= 15 is 0 Å². The number of carbonyl (C=O) groups excluding carboxylic acids is 6. The molecule has 2 aliphatic rings. The monoisotopic (exact) mass is 956 g/mol. The van der Waals surface area contributed by atoms with Gasteiger partial charge in [-0.15, -0.1) is 22.7 Å². The number of esters is 2. The number of hydrogen-bond donors (Lipinski definition) is 0. The lowest BCUT2D eigenvalue weighted by Crippen LogP contribution is -2.08. The van der Waals surface area contributed by atoms with Crippen molar-refractivity contribution in [3.63, 3.8) is 0 Å². The summed E-state index contributed by atoms with van der Waals surface area (Å²) in [6, 6.07) is 28.9. The van der Waals surface area contributed by atoms with Crippen LogP contribution in [0, 0.1) is 0 Å². The Morgan fingerprint density at radius 3 is 1.21 bits per heavy atom. The summed E-state index contributed by atoms with van der Waals surface area (Å²) in [4.78, 5) is 81.8. The van der Waals surface area contributed by atoms with Gasteiger partial charge in [0, 0.05) is 63.0 Å². The second-order valence-electron chi connectivity index (χ2n) is 15.8. The van der Waals surface area contributed by atoms with Crippen molar-refractivity contribution in [2.45, 2.75) is 25.6 Å². The Morgan fingerprint density at radius 1 is 0.456 bits per heavy atom. The van der Waals surface area contributed by atoms with Crippen LogP contribution in [-0.2, 0) is 44.6 Å². The second kappa shape index (κ2) is 16.5. The molecular weight excluding hydrogens is 931 g/mol. The average molecular weight is 957 g/mol. The summed E-state index contributed by atoms with van der Waals surface area (Å²) in [7, 11) is 0. The minimum atomic E-state index is -4.77. The first-order valence-corrected chi connectivity index (χ1v) is 22.0. The van der Waals surface area contributed by atoms with Crippen LogP contribution in [0.1, 0.15) is 84.6 Å². The lowest BCUT2D eigenvalue weighted by atomic mass is 9.98. The van der Waals surface area contributed by atoms with Crippen LogP contribution in [0.2, 0.25) is 0 Å². The Balaban J connectivity index is 1.17. The minimum Gasteiger partial charge on any atom is -0.457 e. The highest BCUT2D eigenvalue weighted by Crippen LogP contribution is 2.46. The first kappa shape index (κ1) is 44.0. The molecule has 0 radical (unpaired) electrons. The summed E-state index contributed by atoms with van der Waals surface area (Å²) in [6.45, 7) is -0.241. The van der Waals surface area contributed by atoms with Crippen LogP contribution in [-0.4, -0.2) is 35.1 Å². The largest absolute Gasteiger partial charge is 0.457 e. The third kappa shape index (κ3) is 7.80. The van der Waals surface area contributed by atoms with Gasteiger partial charge in [-0.2, -0.15) is 26.3 Å². The molecule has 336 valence electrons. The highest BCUT2D eigenvalue weighted by atomic mass is 32.1. The van der Waals surface area contributed by atoms with E-state index < -0.39 is 69.7 Å². The molecule has 2 aromatic heterocycles. The standard InChI is InChI=1S/C52H26F6O8S2/c53-51(54,55)27-11-13-31-33(15-27)43(59)45(61)35(31)17-29-19-37-41(49(63)65-23-25-7-3-1-4-8-25)21-39-40(47(37)67-29)22-42(50(64)66-24-26-9-5-2-6-10-26)38-20-30(68-48(38)39)18-36-32-14-12-28(52(56,57)58)16-34(32)44(60)46(36)62/h1-22H,23-24H2/b35-17-,36-18-. The fourth-order valence-corrected chi connectivity index (χ4v) is 10.6. The summed E-state index contributed by atoms with van der Waals surface area (Å²) in [5.74, 6) is -5.81. The van der Waals surface area contributed by atoms with E-state index in [2.05, 4.69) is 0 Å². The minimum absolute atomic E-state index is 0.00550. The van der Waals surface area contributed by atoms with Crippen LogP contribution >= 0.6 is 22.7 Å². The zero-order valence-corrected chi connectivity index (χ0v) is 36.1. The first-order valence-electron chi connectivity index (χ1n) is 20.4. The van der Waals surface area contributed by atoms with Gasteiger partial charge in [0.1, 0.15) is 13.2 Å². The van der Waals surface area contributed by atoms with Crippen molar-refractivity contribution in [2.75, 3.05) is 0 Å². The number of carbonyl (C=O) groups is 6. The van der Waals surface area contributed by atoms with Gasteiger partial charge in [0.15, 0.2) is 0 Å². The molecule has 0 bridgehead atoms. The normalized spacial score (nSPS) is 15.0. The number of halogens is 6. The average Bonchev–Trinajstić information content (AvgIpc) is 4.07. The van der Waals surface area contributed by atoms with Gasteiger partial charge in [-0.1, -0.05) is 72.8 Å². The van der Waals surface area contributed by atoms with Crippen molar-refractivity contribution in [3.05, 3.63) is 187 Å². The number of rotatable bonds is 8. The molecule has 68 heavy (non-hydrogen) atoms. The number of Topliss-reactive ketones (excluding diaryl/α,β-unsaturated/α-hetero) is 4. The number of alkyl halides is 6. The van der Waals surface area contributed by atoms with Crippen molar-refractivity contribution in [1.29, 1.82) is 0 Å². The SMILES string of the molecule is O=C1C(=O)c2cc(C(F)(F)F)ccc2/C1=C/c1cc2c(C(=O)OCc3ccccc3)cc3c(cc(C(=O)OCc4ccccc4)c4cc(/C=C5\C(=O)C(=O)c6cc(C(F)(F)F)ccc65)sc43)c2s1. The molecule has 6 aromatic carbocycles. The Morgan fingerprint density at radius 2 is 0.838 bits per heavy atom. The van der Waals surface area contributed by atoms with Crippen LogP contribution < -0.4 is 0 Å². The van der Waals surface area contributed by atoms with Gasteiger partial charge in [-0.25, -0.2) is 9.59 Å². The van der Waals surface area contributed by atoms with Gasteiger partial charge in [0.25, 0.3) is 0 Å². The van der Waals surface area contributed by atoms with Crippen molar-refractivity contribution < 1.29 is 64.6 Å². The Bertz CT molecular complexity index is 3360. The van der Waals surface area contributed by atoms with Gasteiger partial charge >= 0.3 is 24.3 Å². The molecule has 0 spiro atoms. The van der Waals surface area contributed by atoms with E-state index in [-0.39, 0.29) is 46.6 Å². The molecule has 10 rings (SSSR count). The topological polar surface area (TPSA) is 121 Å². The smallest absolute Gasteiger partial charge is 0.416 e. The van der Waals surface area contributed by atoms with E-state index in [1.807, 2.05) is 0 Å². The van der Waals surface area contributed by atoms with Gasteiger partial charge in [-0.05, 0) is 82.9 Å². The Labute approximate surface area is 387 Å². The van der Waals surface area contributed by atoms with E-state index in [1.165, 1.54) is 12.2 Å². The molecule has 0 amide bonds. The van der Waals surface area contributed by atoms with Crippen LogP contribution in [0.3, 0.4) is 0 Å². The van der Waals surface area contributed by atoms with E-state index in [1.54, 1.807) is 84.9 Å². The molecule has 0 N–H and O–H groups in total. The quantitative estimate of drug-likeness (QED) is 0.0639. The molecule has 0 aliphatic heterocycles. The van der Waals surface area contributed by atoms with Crippen LogP contribution in [0.15, 0.2) is 121 Å². The molecule has 0 saturated heterocycles. The predicted octanol–water partition coefficient (Wildman–Crippen LogP) is 12.6. The maximum Gasteiger partial charge on any atom is 0.416 e. The summed E-state index contributed by atoms with van der Waals surface area (Å²) in [5.41, 5.74) is -1.90. The third-order valence-electron chi connectivity index (χ3n) is 11.5. The highest BCUT2D eigenvalue weighted by molar-refractivity contribution is 7.22. The molecule has 0 atom stereocenters. The highest BCUT2D eigenvalue weighted by Gasteiger charge is 2.39. The van der Waals surface area contributed by atoms with Gasteiger partial charge in [0.05, 0.1) is 22.3 Å². The van der Waals surface area contributed by atoms with Crippen LogP contribution in [0.5, 0.6) is 0 Å². The molecule has 0 fully saturated rings. The summed E-state index contributed by atoms with van der Waals surface area (Å²) < 4.78 is 94.0. The van der Waals surface area contributed by atoms with Crippen molar-refractivity contribution in [3.8, 4) is 0 Å². The van der Waals surface area contributed by atoms with E-state index in [0.717, 1.165) is 46.9 Å². The first-order chi connectivity index (χ1) is 32.4. The van der Waals surface area contributed by atoms with Crippen LogP contribution in [0.4, 0.5) is 26.3 Å². The second-order valence-corrected chi connectivity index (χ2v) is 18.0. The zero-order chi connectivity index (χ0) is 47.8. The number of benzene rings is 6.